The number of aliphatic hydroxyl groups is 1. The van der Waals surface area contributed by atoms with Crippen LogP contribution in [-0.4, -0.2) is 39.0 Å². The molecule has 146 valence electrons. The molecule has 0 bridgehead atoms. The van der Waals surface area contributed by atoms with Gasteiger partial charge in [0.2, 0.25) is 0 Å². The summed E-state index contributed by atoms with van der Waals surface area (Å²) >= 11 is 0. The molecule has 3 aromatic rings. The summed E-state index contributed by atoms with van der Waals surface area (Å²) in [6.07, 6.45) is 1.74. The Bertz CT molecular complexity index is 1050. The van der Waals surface area contributed by atoms with Crippen molar-refractivity contribution in [1.82, 2.24) is 15.2 Å². The van der Waals surface area contributed by atoms with E-state index >= 15 is 0 Å². The van der Waals surface area contributed by atoms with E-state index in [2.05, 4.69) is 20.5 Å². The molecule has 6 nitrogen and oxygen atoms in total. The van der Waals surface area contributed by atoms with Gasteiger partial charge < -0.3 is 15.3 Å². The van der Waals surface area contributed by atoms with Crippen LogP contribution in [0.5, 0.6) is 0 Å². The van der Waals surface area contributed by atoms with E-state index in [1.54, 1.807) is 20.0 Å². The van der Waals surface area contributed by atoms with Gasteiger partial charge in [0.1, 0.15) is 0 Å². The van der Waals surface area contributed by atoms with E-state index in [9.17, 15) is 13.9 Å². The first kappa shape index (κ1) is 18.5. The first-order valence-corrected chi connectivity index (χ1v) is 9.06. The molecule has 8 heteroatoms. The van der Waals surface area contributed by atoms with Crippen molar-refractivity contribution in [3.05, 3.63) is 53.4 Å². The van der Waals surface area contributed by atoms with Gasteiger partial charge in [0.25, 0.3) is 0 Å². The second-order valence-corrected chi connectivity index (χ2v) is 7.59. The Kier molecular flexibility index (Phi) is 4.38. The SMILES string of the molecule is Cc1nnc(N[C@H](C)c2cccc(F)c2F)c2cc(N3CC(C)(O)C3)cnc12. The molecule has 0 radical (unpaired) electrons. The number of halogens is 2. The van der Waals surface area contributed by atoms with E-state index < -0.39 is 23.3 Å². The predicted molar refractivity (Wildman–Crippen MR) is 103 cm³/mol. The highest BCUT2D eigenvalue weighted by Crippen LogP contribution is 2.32. The van der Waals surface area contributed by atoms with Gasteiger partial charge in [0.15, 0.2) is 17.5 Å². The standard InChI is InChI=1S/C20H21F2N5O/c1-11(14-5-4-6-16(21)17(14)22)24-19-15-7-13(27-9-20(3,28)10-27)8-23-18(15)12(2)25-26-19/h4-8,11,28H,9-10H2,1-3H3,(H,24,26)/t11-/m1/s1. The number of pyridine rings is 1. The van der Waals surface area contributed by atoms with Crippen molar-refractivity contribution < 1.29 is 13.9 Å². The Morgan fingerprint density at radius 2 is 2.00 bits per heavy atom. The molecule has 2 aromatic heterocycles. The second-order valence-electron chi connectivity index (χ2n) is 7.59. The zero-order chi connectivity index (χ0) is 20.1. The molecule has 1 aromatic carbocycles. The molecule has 1 aliphatic rings. The van der Waals surface area contributed by atoms with Gasteiger partial charge in [0, 0.05) is 24.0 Å². The number of nitrogens with zero attached hydrogens (tertiary/aromatic N) is 4. The number of hydrogen-bond acceptors (Lipinski definition) is 6. The number of anilines is 2. The average molecular weight is 385 g/mol. The minimum absolute atomic E-state index is 0.207. The third-order valence-corrected chi connectivity index (χ3v) is 5.00. The topological polar surface area (TPSA) is 74.2 Å². The summed E-state index contributed by atoms with van der Waals surface area (Å²) in [5, 5.41) is 22.2. The molecule has 1 aliphatic heterocycles. The average Bonchev–Trinajstić information content (AvgIpc) is 2.64. The number of β-amino-alcohol motifs (C(OH)–C–C–N with tert-alkyl or cyclic N) is 1. The van der Waals surface area contributed by atoms with Crippen LogP contribution in [0.3, 0.4) is 0 Å². The van der Waals surface area contributed by atoms with Crippen LogP contribution in [0.4, 0.5) is 20.3 Å². The maximum atomic E-state index is 14.1. The highest BCUT2D eigenvalue weighted by atomic mass is 19.2. The van der Waals surface area contributed by atoms with E-state index in [-0.39, 0.29) is 5.56 Å². The summed E-state index contributed by atoms with van der Waals surface area (Å²) in [5.74, 6) is -1.33. The molecule has 28 heavy (non-hydrogen) atoms. The maximum absolute atomic E-state index is 14.1. The molecule has 3 heterocycles. The molecular weight excluding hydrogens is 364 g/mol. The van der Waals surface area contributed by atoms with Crippen molar-refractivity contribution in [2.75, 3.05) is 23.3 Å². The lowest BCUT2D eigenvalue weighted by Crippen LogP contribution is -2.60. The number of fused-ring (bicyclic) bond motifs is 1. The summed E-state index contributed by atoms with van der Waals surface area (Å²) in [6, 6.07) is 5.50. The van der Waals surface area contributed by atoms with Gasteiger partial charge in [-0.1, -0.05) is 12.1 Å². The zero-order valence-electron chi connectivity index (χ0n) is 15.9. The molecule has 0 saturated carbocycles. The number of hydrogen-bond donors (Lipinski definition) is 2. The Morgan fingerprint density at radius 1 is 1.25 bits per heavy atom. The van der Waals surface area contributed by atoms with Crippen molar-refractivity contribution >= 4 is 22.4 Å². The van der Waals surface area contributed by atoms with E-state index in [1.807, 2.05) is 17.9 Å². The lowest BCUT2D eigenvalue weighted by molar-refractivity contribution is 0.0310. The molecular formula is C20H21F2N5O. The van der Waals surface area contributed by atoms with E-state index in [0.717, 1.165) is 17.1 Å². The number of benzene rings is 1. The summed E-state index contributed by atoms with van der Waals surface area (Å²) < 4.78 is 27.7. The van der Waals surface area contributed by atoms with Gasteiger partial charge in [-0.05, 0) is 32.9 Å². The van der Waals surface area contributed by atoms with Crippen LogP contribution in [0.25, 0.3) is 10.9 Å². The van der Waals surface area contributed by atoms with Crippen LogP contribution >= 0.6 is 0 Å². The van der Waals surface area contributed by atoms with Gasteiger partial charge >= 0.3 is 0 Å². The smallest absolute Gasteiger partial charge is 0.164 e. The normalized spacial score (nSPS) is 16.7. The van der Waals surface area contributed by atoms with Crippen LogP contribution in [0.15, 0.2) is 30.5 Å². The van der Waals surface area contributed by atoms with Crippen molar-refractivity contribution in [1.29, 1.82) is 0 Å². The monoisotopic (exact) mass is 385 g/mol. The van der Waals surface area contributed by atoms with Crippen LogP contribution < -0.4 is 10.2 Å². The van der Waals surface area contributed by atoms with Gasteiger partial charge in [-0.2, -0.15) is 5.10 Å². The van der Waals surface area contributed by atoms with Gasteiger partial charge in [-0.3, -0.25) is 4.98 Å². The lowest BCUT2D eigenvalue weighted by Gasteiger charge is -2.45. The zero-order valence-corrected chi connectivity index (χ0v) is 15.9. The molecule has 1 atom stereocenters. The highest BCUT2D eigenvalue weighted by Gasteiger charge is 2.36. The third-order valence-electron chi connectivity index (χ3n) is 5.00. The summed E-state index contributed by atoms with van der Waals surface area (Å²) in [7, 11) is 0. The van der Waals surface area contributed by atoms with Crippen molar-refractivity contribution in [3.63, 3.8) is 0 Å². The Labute approximate surface area is 161 Å². The van der Waals surface area contributed by atoms with Crippen molar-refractivity contribution in [2.45, 2.75) is 32.4 Å². The molecule has 0 aliphatic carbocycles. The molecule has 2 N–H and O–H groups in total. The second kappa shape index (κ2) is 6.63. The fourth-order valence-corrected chi connectivity index (χ4v) is 3.52. The van der Waals surface area contributed by atoms with Crippen molar-refractivity contribution in [2.24, 2.45) is 0 Å². The third kappa shape index (κ3) is 3.24. The first-order valence-electron chi connectivity index (χ1n) is 9.06. The number of aromatic nitrogens is 3. The Hall–Kier alpha value is -2.87. The van der Waals surface area contributed by atoms with Crippen molar-refractivity contribution in [3.8, 4) is 0 Å². The van der Waals surface area contributed by atoms with Crippen LogP contribution in [0, 0.1) is 18.6 Å². The molecule has 0 spiro atoms. The fraction of sp³-hybridized carbons (Fsp3) is 0.350. The first-order chi connectivity index (χ1) is 13.2. The summed E-state index contributed by atoms with van der Waals surface area (Å²) in [4.78, 5) is 6.52. The van der Waals surface area contributed by atoms with Gasteiger partial charge in [0.05, 0.1) is 34.7 Å². The molecule has 0 amide bonds. The van der Waals surface area contributed by atoms with Gasteiger partial charge in [-0.25, -0.2) is 8.78 Å². The number of rotatable bonds is 4. The fourth-order valence-electron chi connectivity index (χ4n) is 3.52. The summed E-state index contributed by atoms with van der Waals surface area (Å²) in [6.45, 7) is 6.37. The lowest BCUT2D eigenvalue weighted by atomic mass is 9.96. The number of aryl methyl sites for hydroxylation is 1. The largest absolute Gasteiger partial charge is 0.386 e. The van der Waals surface area contributed by atoms with E-state index in [4.69, 9.17) is 0 Å². The quantitative estimate of drug-likeness (QED) is 0.718. The van der Waals surface area contributed by atoms with Crippen LogP contribution in [0.1, 0.15) is 31.1 Å². The molecule has 4 rings (SSSR count). The van der Waals surface area contributed by atoms with Crippen LogP contribution in [-0.2, 0) is 0 Å². The number of nitrogens with one attached hydrogen (secondary N) is 1. The minimum atomic E-state index is -0.889. The van der Waals surface area contributed by atoms with Gasteiger partial charge in [-0.15, -0.1) is 5.10 Å². The molecule has 1 saturated heterocycles. The Balaban J connectivity index is 1.70. The minimum Gasteiger partial charge on any atom is -0.386 e. The maximum Gasteiger partial charge on any atom is 0.164 e. The van der Waals surface area contributed by atoms with Crippen LogP contribution in [0.2, 0.25) is 0 Å². The molecule has 1 fully saturated rings. The summed E-state index contributed by atoms with van der Waals surface area (Å²) in [5.41, 5.74) is 1.72. The van der Waals surface area contributed by atoms with E-state index in [1.165, 1.54) is 12.1 Å². The Morgan fingerprint density at radius 3 is 2.71 bits per heavy atom. The van der Waals surface area contributed by atoms with E-state index in [0.29, 0.717) is 30.1 Å². The highest BCUT2D eigenvalue weighted by molar-refractivity contribution is 5.92. The predicted octanol–water partition coefficient (Wildman–Crippen LogP) is 3.36. The molecule has 0 unspecified atom stereocenters.